The Morgan fingerprint density at radius 2 is 1.86 bits per heavy atom. The zero-order valence-corrected chi connectivity index (χ0v) is 8.27. The number of hydrogen-bond donors (Lipinski definition) is 1. The molecule has 0 aliphatic carbocycles. The first kappa shape index (κ1) is 9.21. The Kier molecular flexibility index (Phi) is 1.86. The Balaban J connectivity index is 2.44. The van der Waals surface area contributed by atoms with Crippen molar-refractivity contribution >= 4 is 6.21 Å². The molecule has 1 aromatic rings. The second-order valence-electron chi connectivity index (χ2n) is 4.06. The van der Waals surface area contributed by atoms with Crippen molar-refractivity contribution in [3.05, 3.63) is 35.9 Å². The van der Waals surface area contributed by atoms with Crippen LogP contribution in [0.25, 0.3) is 0 Å². The first-order chi connectivity index (χ1) is 6.56. The van der Waals surface area contributed by atoms with Crippen molar-refractivity contribution in [3.63, 3.8) is 0 Å². The van der Waals surface area contributed by atoms with E-state index in [4.69, 9.17) is 4.84 Å². The third-order valence-electron chi connectivity index (χ3n) is 2.60. The van der Waals surface area contributed by atoms with E-state index in [9.17, 15) is 5.11 Å². The molecule has 3 heteroatoms. The third-order valence-corrected chi connectivity index (χ3v) is 2.60. The van der Waals surface area contributed by atoms with E-state index in [2.05, 4.69) is 5.16 Å². The van der Waals surface area contributed by atoms with Gasteiger partial charge in [0.2, 0.25) is 0 Å². The van der Waals surface area contributed by atoms with Gasteiger partial charge in [-0.25, -0.2) is 0 Å². The molecule has 0 radical (unpaired) electrons. The van der Waals surface area contributed by atoms with Gasteiger partial charge in [0.1, 0.15) is 0 Å². The smallest absolute Gasteiger partial charge is 0.270 e. The van der Waals surface area contributed by atoms with E-state index in [0.717, 1.165) is 5.56 Å². The van der Waals surface area contributed by atoms with Gasteiger partial charge < -0.3 is 9.94 Å². The minimum Gasteiger partial charge on any atom is -0.355 e. The summed E-state index contributed by atoms with van der Waals surface area (Å²) in [6, 6.07) is 9.29. The minimum absolute atomic E-state index is 0.506. The van der Waals surface area contributed by atoms with Crippen LogP contribution in [0.3, 0.4) is 0 Å². The summed E-state index contributed by atoms with van der Waals surface area (Å²) in [5.41, 5.74) is 0.219. The molecule has 0 saturated carbocycles. The van der Waals surface area contributed by atoms with Crippen molar-refractivity contribution < 1.29 is 9.94 Å². The zero-order valence-electron chi connectivity index (χ0n) is 8.27. The fourth-order valence-corrected chi connectivity index (χ4v) is 1.53. The Hall–Kier alpha value is -1.35. The topological polar surface area (TPSA) is 41.8 Å². The SMILES string of the molecule is CC1(C)C=NOC1(O)c1ccccc1. The number of rotatable bonds is 1. The van der Waals surface area contributed by atoms with Crippen LogP contribution in [0, 0.1) is 5.41 Å². The predicted molar refractivity (Wildman–Crippen MR) is 53.7 cm³/mol. The van der Waals surface area contributed by atoms with Gasteiger partial charge in [-0.2, -0.15) is 0 Å². The average Bonchev–Trinajstić information content (AvgIpc) is 2.44. The van der Waals surface area contributed by atoms with Crippen LogP contribution in [0.15, 0.2) is 35.5 Å². The maximum Gasteiger partial charge on any atom is 0.270 e. The molecular formula is C11H13NO2. The summed E-state index contributed by atoms with van der Waals surface area (Å²) in [5.74, 6) is -1.34. The Labute approximate surface area is 83.0 Å². The van der Waals surface area contributed by atoms with Gasteiger partial charge in [0.15, 0.2) is 0 Å². The predicted octanol–water partition coefficient (Wildman–Crippen LogP) is 1.87. The largest absolute Gasteiger partial charge is 0.355 e. The van der Waals surface area contributed by atoms with Gasteiger partial charge in [-0.1, -0.05) is 35.5 Å². The van der Waals surface area contributed by atoms with Crippen LogP contribution < -0.4 is 0 Å². The molecule has 1 aliphatic rings. The summed E-state index contributed by atoms with van der Waals surface area (Å²) >= 11 is 0. The third kappa shape index (κ3) is 1.13. The molecule has 0 fully saturated rings. The van der Waals surface area contributed by atoms with Crippen molar-refractivity contribution in [2.45, 2.75) is 19.6 Å². The van der Waals surface area contributed by atoms with E-state index >= 15 is 0 Å². The molecule has 1 heterocycles. The van der Waals surface area contributed by atoms with Gasteiger partial charge >= 0.3 is 0 Å². The monoisotopic (exact) mass is 191 g/mol. The fraction of sp³-hybridized carbons (Fsp3) is 0.364. The number of oxime groups is 1. The van der Waals surface area contributed by atoms with Crippen LogP contribution in [0.4, 0.5) is 0 Å². The molecule has 1 N–H and O–H groups in total. The van der Waals surface area contributed by atoms with Crippen LogP contribution in [0.2, 0.25) is 0 Å². The van der Waals surface area contributed by atoms with E-state index in [1.807, 2.05) is 44.2 Å². The van der Waals surface area contributed by atoms with Gasteiger partial charge in [-0.3, -0.25) is 0 Å². The van der Waals surface area contributed by atoms with Gasteiger partial charge in [0.25, 0.3) is 5.79 Å². The van der Waals surface area contributed by atoms with Crippen molar-refractivity contribution in [1.82, 2.24) is 0 Å². The number of aliphatic hydroxyl groups is 1. The van der Waals surface area contributed by atoms with Crippen LogP contribution in [0.5, 0.6) is 0 Å². The molecule has 14 heavy (non-hydrogen) atoms. The molecule has 1 unspecified atom stereocenters. The molecule has 1 aliphatic heterocycles. The first-order valence-corrected chi connectivity index (χ1v) is 4.57. The van der Waals surface area contributed by atoms with Gasteiger partial charge in [0, 0.05) is 5.56 Å². The van der Waals surface area contributed by atoms with E-state index in [-0.39, 0.29) is 0 Å². The minimum atomic E-state index is -1.34. The second kappa shape index (κ2) is 2.82. The molecule has 0 amide bonds. The lowest BCUT2D eigenvalue weighted by molar-refractivity contribution is -0.239. The molecule has 3 nitrogen and oxygen atoms in total. The summed E-state index contributed by atoms with van der Waals surface area (Å²) < 4.78 is 0. The van der Waals surface area contributed by atoms with Crippen LogP contribution in [-0.4, -0.2) is 11.3 Å². The maximum absolute atomic E-state index is 10.3. The van der Waals surface area contributed by atoms with Crippen LogP contribution >= 0.6 is 0 Å². The Bertz CT molecular complexity index is 359. The van der Waals surface area contributed by atoms with E-state index in [0.29, 0.717) is 0 Å². The van der Waals surface area contributed by atoms with Crippen molar-refractivity contribution in [3.8, 4) is 0 Å². The molecule has 0 saturated heterocycles. The lowest BCUT2D eigenvalue weighted by Gasteiger charge is -2.32. The summed E-state index contributed by atoms with van der Waals surface area (Å²) in [6.07, 6.45) is 1.62. The van der Waals surface area contributed by atoms with E-state index in [1.54, 1.807) is 6.21 Å². The number of hydrogen-bond acceptors (Lipinski definition) is 3. The highest BCUT2D eigenvalue weighted by atomic mass is 16.7. The van der Waals surface area contributed by atoms with E-state index in [1.165, 1.54) is 0 Å². The summed E-state index contributed by atoms with van der Waals surface area (Å²) in [4.78, 5) is 5.07. The quantitative estimate of drug-likeness (QED) is 0.736. The van der Waals surface area contributed by atoms with E-state index < -0.39 is 11.2 Å². The van der Waals surface area contributed by atoms with Crippen molar-refractivity contribution in [2.75, 3.05) is 0 Å². The molecule has 2 rings (SSSR count). The molecule has 0 aromatic heterocycles. The molecule has 0 bridgehead atoms. The van der Waals surface area contributed by atoms with Crippen molar-refractivity contribution in [1.29, 1.82) is 0 Å². The van der Waals surface area contributed by atoms with Gasteiger partial charge in [0.05, 0.1) is 11.6 Å². The van der Waals surface area contributed by atoms with Crippen molar-refractivity contribution in [2.24, 2.45) is 10.6 Å². The lowest BCUT2D eigenvalue weighted by atomic mass is 9.81. The Morgan fingerprint density at radius 3 is 2.36 bits per heavy atom. The highest BCUT2D eigenvalue weighted by Crippen LogP contribution is 2.42. The summed E-state index contributed by atoms with van der Waals surface area (Å²) in [5, 5.41) is 14.0. The van der Waals surface area contributed by atoms with Crippen LogP contribution in [0.1, 0.15) is 19.4 Å². The zero-order chi connectivity index (χ0) is 10.2. The number of benzene rings is 1. The second-order valence-corrected chi connectivity index (χ2v) is 4.06. The molecule has 74 valence electrons. The summed E-state index contributed by atoms with van der Waals surface area (Å²) in [6.45, 7) is 3.77. The summed E-state index contributed by atoms with van der Waals surface area (Å²) in [7, 11) is 0. The molecule has 1 aromatic carbocycles. The first-order valence-electron chi connectivity index (χ1n) is 4.57. The maximum atomic E-state index is 10.3. The number of nitrogens with zero attached hydrogens (tertiary/aromatic N) is 1. The highest BCUT2D eigenvalue weighted by Gasteiger charge is 2.50. The fourth-order valence-electron chi connectivity index (χ4n) is 1.53. The molecule has 0 spiro atoms. The molecular weight excluding hydrogens is 178 g/mol. The average molecular weight is 191 g/mol. The van der Waals surface area contributed by atoms with Crippen LogP contribution in [-0.2, 0) is 10.6 Å². The standard InChI is InChI=1S/C11H13NO2/c1-10(2)8-12-14-11(10,13)9-6-4-3-5-7-9/h3-8,13H,1-2H3. The highest BCUT2D eigenvalue weighted by molar-refractivity contribution is 5.68. The normalized spacial score (nSPS) is 28.8. The molecule has 1 atom stereocenters. The Morgan fingerprint density at radius 1 is 1.21 bits per heavy atom. The van der Waals surface area contributed by atoms with Gasteiger partial charge in [-0.15, -0.1) is 0 Å². The van der Waals surface area contributed by atoms with Gasteiger partial charge in [-0.05, 0) is 13.8 Å². The lowest BCUT2D eigenvalue weighted by Crippen LogP contribution is -2.40.